The maximum absolute atomic E-state index is 6.34. The van der Waals surface area contributed by atoms with Gasteiger partial charge in [-0.25, -0.2) is 0 Å². The van der Waals surface area contributed by atoms with Gasteiger partial charge in [-0.15, -0.1) is 0 Å². The van der Waals surface area contributed by atoms with Crippen LogP contribution in [-0.2, 0) is 13.5 Å². The average Bonchev–Trinajstić information content (AvgIpc) is 2.77. The highest BCUT2D eigenvalue weighted by molar-refractivity contribution is 6.30. The van der Waals surface area contributed by atoms with E-state index in [9.17, 15) is 0 Å². The SMILES string of the molecule is CCNC1CCC(C)(Cc2c(C)nn(C)c2Cl)C1. The van der Waals surface area contributed by atoms with Gasteiger partial charge in [0, 0.05) is 18.7 Å². The summed E-state index contributed by atoms with van der Waals surface area (Å²) in [5.41, 5.74) is 2.68. The summed E-state index contributed by atoms with van der Waals surface area (Å²) in [6, 6.07) is 0.677. The first-order valence-electron chi connectivity index (χ1n) is 6.86. The van der Waals surface area contributed by atoms with Crippen LogP contribution in [0.5, 0.6) is 0 Å². The normalized spacial score (nSPS) is 27.9. The molecule has 3 nitrogen and oxygen atoms in total. The van der Waals surface area contributed by atoms with Crippen molar-refractivity contribution >= 4 is 11.6 Å². The van der Waals surface area contributed by atoms with Gasteiger partial charge in [0.15, 0.2) is 0 Å². The van der Waals surface area contributed by atoms with Crippen LogP contribution in [0.2, 0.25) is 5.15 Å². The lowest BCUT2D eigenvalue weighted by Crippen LogP contribution is -2.28. The van der Waals surface area contributed by atoms with Crippen LogP contribution >= 0.6 is 11.6 Å². The van der Waals surface area contributed by atoms with Gasteiger partial charge >= 0.3 is 0 Å². The summed E-state index contributed by atoms with van der Waals surface area (Å²) in [7, 11) is 1.91. The molecule has 102 valence electrons. The molecule has 1 N–H and O–H groups in total. The first-order valence-corrected chi connectivity index (χ1v) is 7.24. The highest BCUT2D eigenvalue weighted by atomic mass is 35.5. The minimum Gasteiger partial charge on any atom is -0.314 e. The third kappa shape index (κ3) is 2.72. The van der Waals surface area contributed by atoms with Gasteiger partial charge < -0.3 is 5.32 Å². The molecular weight excluding hydrogens is 246 g/mol. The van der Waals surface area contributed by atoms with E-state index in [0.29, 0.717) is 11.5 Å². The lowest BCUT2D eigenvalue weighted by Gasteiger charge is -2.24. The van der Waals surface area contributed by atoms with E-state index in [1.54, 1.807) is 4.68 Å². The van der Waals surface area contributed by atoms with Crippen LogP contribution in [0.1, 0.15) is 44.4 Å². The smallest absolute Gasteiger partial charge is 0.130 e. The Bertz CT molecular complexity index is 427. The Labute approximate surface area is 115 Å². The molecule has 0 saturated heterocycles. The molecule has 4 heteroatoms. The minimum atomic E-state index is 0.365. The van der Waals surface area contributed by atoms with E-state index in [-0.39, 0.29) is 0 Å². The van der Waals surface area contributed by atoms with Crippen LogP contribution in [0.25, 0.3) is 0 Å². The van der Waals surface area contributed by atoms with Crippen molar-refractivity contribution in [1.29, 1.82) is 0 Å². The molecule has 2 rings (SSSR count). The standard InChI is InChI=1S/C14H24ClN3/c1-5-16-11-6-7-14(3,8-11)9-12-10(2)17-18(4)13(12)15/h11,16H,5-9H2,1-4H3. The molecule has 2 unspecified atom stereocenters. The first kappa shape index (κ1) is 13.9. The highest BCUT2D eigenvalue weighted by Crippen LogP contribution is 2.42. The second-order valence-corrected chi connectivity index (χ2v) is 6.32. The molecule has 18 heavy (non-hydrogen) atoms. The Morgan fingerprint density at radius 3 is 2.83 bits per heavy atom. The lowest BCUT2D eigenvalue weighted by atomic mass is 9.82. The Hall–Kier alpha value is -0.540. The van der Waals surface area contributed by atoms with Gasteiger partial charge in [0.25, 0.3) is 0 Å². The first-order chi connectivity index (χ1) is 8.45. The van der Waals surface area contributed by atoms with E-state index in [1.165, 1.54) is 24.8 Å². The summed E-state index contributed by atoms with van der Waals surface area (Å²) < 4.78 is 1.78. The molecule has 1 aromatic heterocycles. The molecule has 0 spiro atoms. The van der Waals surface area contributed by atoms with Gasteiger partial charge in [0.05, 0.1) is 5.69 Å². The van der Waals surface area contributed by atoms with Crippen molar-refractivity contribution in [2.75, 3.05) is 6.54 Å². The molecule has 2 atom stereocenters. The zero-order valence-electron chi connectivity index (χ0n) is 11.9. The van der Waals surface area contributed by atoms with Crippen molar-refractivity contribution in [2.24, 2.45) is 12.5 Å². The number of aryl methyl sites for hydroxylation is 2. The molecule has 0 aliphatic heterocycles. The van der Waals surface area contributed by atoms with Gasteiger partial charge in [0.1, 0.15) is 5.15 Å². The quantitative estimate of drug-likeness (QED) is 0.910. The second kappa shape index (κ2) is 5.22. The van der Waals surface area contributed by atoms with E-state index in [4.69, 9.17) is 11.6 Å². The van der Waals surface area contributed by atoms with Crippen LogP contribution in [0.15, 0.2) is 0 Å². The predicted molar refractivity (Wildman–Crippen MR) is 76.1 cm³/mol. The van der Waals surface area contributed by atoms with E-state index in [1.807, 2.05) is 7.05 Å². The number of nitrogens with one attached hydrogen (secondary N) is 1. The largest absolute Gasteiger partial charge is 0.314 e. The van der Waals surface area contributed by atoms with Crippen LogP contribution in [-0.4, -0.2) is 22.4 Å². The number of hydrogen-bond acceptors (Lipinski definition) is 2. The Kier molecular flexibility index (Phi) is 4.02. The van der Waals surface area contributed by atoms with Crippen molar-refractivity contribution in [3.8, 4) is 0 Å². The molecule has 1 aliphatic carbocycles. The molecule has 0 aromatic carbocycles. The average molecular weight is 270 g/mol. The maximum atomic E-state index is 6.34. The molecule has 1 aliphatic rings. The monoisotopic (exact) mass is 269 g/mol. The Balaban J connectivity index is 2.09. The fourth-order valence-electron chi connectivity index (χ4n) is 3.25. The van der Waals surface area contributed by atoms with Gasteiger partial charge in [-0.2, -0.15) is 5.10 Å². The van der Waals surface area contributed by atoms with Crippen molar-refractivity contribution in [2.45, 2.75) is 52.5 Å². The molecular formula is C14H24ClN3. The van der Waals surface area contributed by atoms with Crippen LogP contribution in [0, 0.1) is 12.3 Å². The van der Waals surface area contributed by atoms with Gasteiger partial charge in [-0.3, -0.25) is 4.68 Å². The summed E-state index contributed by atoms with van der Waals surface area (Å²) in [4.78, 5) is 0. The van der Waals surface area contributed by atoms with Crippen molar-refractivity contribution < 1.29 is 0 Å². The number of hydrogen-bond donors (Lipinski definition) is 1. The third-order valence-electron chi connectivity index (χ3n) is 4.20. The minimum absolute atomic E-state index is 0.365. The topological polar surface area (TPSA) is 29.9 Å². The highest BCUT2D eigenvalue weighted by Gasteiger charge is 2.36. The van der Waals surface area contributed by atoms with Crippen molar-refractivity contribution in [3.05, 3.63) is 16.4 Å². The molecule has 1 saturated carbocycles. The molecule has 1 heterocycles. The molecule has 0 radical (unpaired) electrons. The summed E-state index contributed by atoms with van der Waals surface area (Å²) >= 11 is 6.34. The van der Waals surface area contributed by atoms with E-state index in [2.05, 4.69) is 31.2 Å². The summed E-state index contributed by atoms with van der Waals surface area (Å²) in [6.45, 7) is 7.68. The zero-order chi connectivity index (χ0) is 13.3. The molecule has 1 aromatic rings. The van der Waals surface area contributed by atoms with Gasteiger partial charge in [-0.05, 0) is 44.6 Å². The summed E-state index contributed by atoms with van der Waals surface area (Å²) in [5, 5.41) is 8.78. The van der Waals surface area contributed by atoms with E-state index in [0.717, 1.165) is 23.8 Å². The van der Waals surface area contributed by atoms with Crippen LogP contribution in [0.3, 0.4) is 0 Å². The summed E-state index contributed by atoms with van der Waals surface area (Å²) in [6.07, 6.45) is 4.84. The van der Waals surface area contributed by atoms with Crippen molar-refractivity contribution in [3.63, 3.8) is 0 Å². The predicted octanol–water partition coefficient (Wildman–Crippen LogP) is 3.09. The number of nitrogens with zero attached hydrogens (tertiary/aromatic N) is 2. The van der Waals surface area contributed by atoms with Crippen LogP contribution in [0.4, 0.5) is 0 Å². The van der Waals surface area contributed by atoms with Crippen LogP contribution < -0.4 is 5.32 Å². The fraction of sp³-hybridized carbons (Fsp3) is 0.786. The van der Waals surface area contributed by atoms with E-state index < -0.39 is 0 Å². The Morgan fingerprint density at radius 1 is 1.56 bits per heavy atom. The number of aromatic nitrogens is 2. The van der Waals surface area contributed by atoms with Gasteiger partial charge in [0.2, 0.25) is 0 Å². The Morgan fingerprint density at radius 2 is 2.28 bits per heavy atom. The zero-order valence-corrected chi connectivity index (χ0v) is 12.6. The maximum Gasteiger partial charge on any atom is 0.130 e. The molecule has 0 bridgehead atoms. The lowest BCUT2D eigenvalue weighted by molar-refractivity contribution is 0.322. The van der Waals surface area contributed by atoms with Crippen molar-refractivity contribution in [1.82, 2.24) is 15.1 Å². The molecule has 1 fully saturated rings. The van der Waals surface area contributed by atoms with E-state index >= 15 is 0 Å². The summed E-state index contributed by atoms with van der Waals surface area (Å²) in [5.74, 6) is 0. The number of rotatable bonds is 4. The fourth-order valence-corrected chi connectivity index (χ4v) is 3.49. The molecule has 0 amide bonds. The third-order valence-corrected chi connectivity index (χ3v) is 4.67. The van der Waals surface area contributed by atoms with Gasteiger partial charge in [-0.1, -0.05) is 25.4 Å². The second-order valence-electron chi connectivity index (χ2n) is 5.96. The number of halogens is 1.